The molecule has 0 unspecified atom stereocenters. The molecule has 0 aliphatic carbocycles. The topological polar surface area (TPSA) is 29.5 Å². The van der Waals surface area contributed by atoms with Gasteiger partial charge in [-0.3, -0.25) is 0 Å². The maximum absolute atomic E-state index is 10.5. The molecule has 0 fully saturated rings. The molecule has 0 saturated heterocycles. The average Bonchev–Trinajstić information content (AvgIpc) is 2.65. The number of benzene rings is 1. The molecule has 0 aliphatic heterocycles. The van der Waals surface area contributed by atoms with Gasteiger partial charge in [0, 0.05) is 0 Å². The van der Waals surface area contributed by atoms with Gasteiger partial charge in [-0.2, -0.15) is 0 Å². The Bertz CT molecular complexity index is 438. The van der Waals surface area contributed by atoms with E-state index in [0.717, 1.165) is 68.4 Å². The number of hydrogen-bond donors (Lipinski definition) is 1. The summed E-state index contributed by atoms with van der Waals surface area (Å²) >= 11 is 0. The molecule has 26 heavy (non-hydrogen) atoms. The van der Waals surface area contributed by atoms with E-state index in [1.807, 2.05) is 0 Å². The Balaban J connectivity index is 2.43. The van der Waals surface area contributed by atoms with Gasteiger partial charge in [0.1, 0.15) is 11.5 Å². The summed E-state index contributed by atoms with van der Waals surface area (Å²) in [5.41, 5.74) is 2.12. The van der Waals surface area contributed by atoms with Crippen LogP contribution in [0.3, 0.4) is 0 Å². The zero-order valence-electron chi connectivity index (χ0n) is 17.6. The highest BCUT2D eigenvalue weighted by molar-refractivity contribution is 5.46. The monoisotopic (exact) mass is 362 g/mol. The van der Waals surface area contributed by atoms with Crippen molar-refractivity contribution in [2.45, 2.75) is 111 Å². The fraction of sp³-hybridized carbons (Fsp3) is 0.750. The van der Waals surface area contributed by atoms with Gasteiger partial charge < -0.3 is 9.84 Å². The van der Waals surface area contributed by atoms with Crippen LogP contribution in [0.1, 0.15) is 109 Å². The molecule has 0 heterocycles. The van der Waals surface area contributed by atoms with Crippen LogP contribution < -0.4 is 4.74 Å². The Morgan fingerprint density at radius 2 is 1.12 bits per heavy atom. The van der Waals surface area contributed by atoms with E-state index in [0.29, 0.717) is 5.75 Å². The van der Waals surface area contributed by atoms with Crippen LogP contribution in [0.25, 0.3) is 0 Å². The van der Waals surface area contributed by atoms with Crippen molar-refractivity contribution >= 4 is 0 Å². The molecule has 2 nitrogen and oxygen atoms in total. The first-order valence-electron chi connectivity index (χ1n) is 11.2. The van der Waals surface area contributed by atoms with Crippen molar-refractivity contribution in [2.75, 3.05) is 6.61 Å². The van der Waals surface area contributed by atoms with Crippen molar-refractivity contribution in [1.29, 1.82) is 0 Å². The van der Waals surface area contributed by atoms with Crippen LogP contribution in [0.2, 0.25) is 0 Å². The first-order chi connectivity index (χ1) is 12.7. The zero-order valence-corrected chi connectivity index (χ0v) is 17.6. The molecule has 0 radical (unpaired) electrons. The number of aryl methyl sites for hydroxylation is 2. The third kappa shape index (κ3) is 9.50. The average molecular weight is 363 g/mol. The fourth-order valence-electron chi connectivity index (χ4n) is 3.35. The highest BCUT2D eigenvalue weighted by Gasteiger charge is 2.10. The predicted octanol–water partition coefficient (Wildman–Crippen LogP) is 7.60. The molecular weight excluding hydrogens is 320 g/mol. The quantitative estimate of drug-likeness (QED) is 0.307. The summed E-state index contributed by atoms with van der Waals surface area (Å²) in [6.07, 6.45) is 16.9. The molecule has 1 N–H and O–H groups in total. The number of unbranched alkanes of at least 4 members (excludes halogenated alkanes) is 9. The van der Waals surface area contributed by atoms with Crippen LogP contribution in [0.5, 0.6) is 11.5 Å². The Labute approximate surface area is 162 Å². The summed E-state index contributed by atoms with van der Waals surface area (Å²) < 4.78 is 6.04. The number of rotatable bonds is 16. The summed E-state index contributed by atoms with van der Waals surface area (Å²) in [4.78, 5) is 0. The predicted molar refractivity (Wildman–Crippen MR) is 113 cm³/mol. The summed E-state index contributed by atoms with van der Waals surface area (Å²) in [7, 11) is 0. The van der Waals surface area contributed by atoms with Crippen LogP contribution in [-0.4, -0.2) is 11.7 Å². The number of hydrogen-bond acceptors (Lipinski definition) is 2. The summed E-state index contributed by atoms with van der Waals surface area (Å²) in [5.74, 6) is 1.45. The maximum Gasteiger partial charge on any atom is 0.122 e. The third-order valence-electron chi connectivity index (χ3n) is 5.11. The minimum atomic E-state index is 0.506. The van der Waals surface area contributed by atoms with Crippen molar-refractivity contribution in [2.24, 2.45) is 0 Å². The Hall–Kier alpha value is -1.18. The smallest absolute Gasteiger partial charge is 0.122 e. The summed E-state index contributed by atoms with van der Waals surface area (Å²) in [5, 5.41) is 10.5. The number of phenols is 1. The Morgan fingerprint density at radius 3 is 1.62 bits per heavy atom. The van der Waals surface area contributed by atoms with Crippen LogP contribution in [0.4, 0.5) is 0 Å². The van der Waals surface area contributed by atoms with Crippen molar-refractivity contribution in [1.82, 2.24) is 0 Å². The normalized spacial score (nSPS) is 11.0. The van der Waals surface area contributed by atoms with Crippen molar-refractivity contribution < 1.29 is 9.84 Å². The summed E-state index contributed by atoms with van der Waals surface area (Å²) in [6, 6.07) is 4.12. The second kappa shape index (κ2) is 14.9. The molecule has 1 aromatic rings. The second-order valence-electron chi connectivity index (χ2n) is 7.62. The minimum absolute atomic E-state index is 0.506. The lowest BCUT2D eigenvalue weighted by Gasteiger charge is -2.14. The molecule has 150 valence electrons. The highest BCUT2D eigenvalue weighted by atomic mass is 16.5. The van der Waals surface area contributed by atoms with Gasteiger partial charge in [-0.1, -0.05) is 78.6 Å². The molecule has 1 rings (SSSR count). The van der Waals surface area contributed by atoms with E-state index in [4.69, 9.17) is 4.74 Å². The number of aromatic hydroxyl groups is 1. The Morgan fingerprint density at radius 1 is 0.654 bits per heavy atom. The van der Waals surface area contributed by atoms with Crippen LogP contribution in [-0.2, 0) is 12.8 Å². The molecule has 2 heteroatoms. The lowest BCUT2D eigenvalue weighted by molar-refractivity contribution is 0.303. The molecule has 0 atom stereocenters. The van der Waals surface area contributed by atoms with Gasteiger partial charge in [-0.05, 0) is 55.4 Å². The standard InChI is InChI=1S/C24H42O2/c1-4-7-10-11-12-13-14-15-18-26-23-19-21(16-8-5-2)24(25)22(20-23)17-9-6-3/h19-20,25H,4-18H2,1-3H3. The summed E-state index contributed by atoms with van der Waals surface area (Å²) in [6.45, 7) is 7.44. The molecule has 0 aliphatic rings. The van der Waals surface area contributed by atoms with Gasteiger partial charge in [-0.25, -0.2) is 0 Å². The maximum atomic E-state index is 10.5. The van der Waals surface area contributed by atoms with E-state index in [1.165, 1.54) is 44.9 Å². The van der Waals surface area contributed by atoms with Gasteiger partial charge in [0.05, 0.1) is 6.61 Å². The van der Waals surface area contributed by atoms with Crippen LogP contribution in [0.15, 0.2) is 12.1 Å². The third-order valence-corrected chi connectivity index (χ3v) is 5.11. The van der Waals surface area contributed by atoms with Crippen LogP contribution >= 0.6 is 0 Å². The van der Waals surface area contributed by atoms with Gasteiger partial charge in [0.25, 0.3) is 0 Å². The molecule has 0 aromatic heterocycles. The van der Waals surface area contributed by atoms with E-state index < -0.39 is 0 Å². The largest absolute Gasteiger partial charge is 0.507 e. The molecular formula is C24H42O2. The van der Waals surface area contributed by atoms with E-state index in [1.54, 1.807) is 0 Å². The van der Waals surface area contributed by atoms with E-state index in [9.17, 15) is 5.11 Å². The highest BCUT2D eigenvalue weighted by Crippen LogP contribution is 2.31. The zero-order chi connectivity index (χ0) is 19.0. The van der Waals surface area contributed by atoms with E-state index in [2.05, 4.69) is 32.9 Å². The first-order valence-corrected chi connectivity index (χ1v) is 11.2. The molecule has 1 aromatic carbocycles. The number of ether oxygens (including phenoxy) is 1. The van der Waals surface area contributed by atoms with Gasteiger partial charge in [0.2, 0.25) is 0 Å². The molecule has 0 amide bonds. The van der Waals surface area contributed by atoms with Gasteiger partial charge in [0.15, 0.2) is 0 Å². The first kappa shape index (κ1) is 22.9. The second-order valence-corrected chi connectivity index (χ2v) is 7.62. The number of phenolic OH excluding ortho intramolecular Hbond substituents is 1. The lowest BCUT2D eigenvalue weighted by atomic mass is 9.99. The van der Waals surface area contributed by atoms with Crippen molar-refractivity contribution in [3.8, 4) is 11.5 Å². The minimum Gasteiger partial charge on any atom is -0.507 e. The fourth-order valence-corrected chi connectivity index (χ4v) is 3.35. The van der Waals surface area contributed by atoms with Crippen molar-refractivity contribution in [3.05, 3.63) is 23.3 Å². The van der Waals surface area contributed by atoms with E-state index in [-0.39, 0.29) is 0 Å². The SMILES string of the molecule is CCCCCCCCCCOc1cc(CCCC)c(O)c(CCCC)c1. The Kier molecular flexibility index (Phi) is 13.1. The molecule has 0 bridgehead atoms. The van der Waals surface area contributed by atoms with Gasteiger partial charge >= 0.3 is 0 Å². The molecule has 0 spiro atoms. The lowest BCUT2D eigenvalue weighted by Crippen LogP contribution is -2.00. The molecule has 0 saturated carbocycles. The van der Waals surface area contributed by atoms with E-state index >= 15 is 0 Å². The van der Waals surface area contributed by atoms with Crippen LogP contribution in [0, 0.1) is 0 Å². The van der Waals surface area contributed by atoms with Crippen molar-refractivity contribution in [3.63, 3.8) is 0 Å². The van der Waals surface area contributed by atoms with Gasteiger partial charge in [-0.15, -0.1) is 0 Å².